The van der Waals surface area contributed by atoms with Crippen LogP contribution in [0.25, 0.3) is 0 Å². The standard InChI is InChI=1S/C22H29N3O5/c1-3-29-13-14-30-20-9-7-18(8-10-20)25-21(26)16-24-19-6-4-5-17(15-19)22(27)23-11-12-28-2/h4-10,15,24H,3,11-14,16H2,1-2H3,(H,23,27)(H,25,26). The molecule has 2 rings (SSSR count). The van der Waals surface area contributed by atoms with Crippen molar-refractivity contribution in [2.75, 3.05) is 57.3 Å². The van der Waals surface area contributed by atoms with E-state index in [1.54, 1.807) is 55.6 Å². The Balaban J connectivity index is 1.77. The Morgan fingerprint density at radius 2 is 1.77 bits per heavy atom. The van der Waals surface area contributed by atoms with Crippen LogP contribution in [0.5, 0.6) is 5.75 Å². The van der Waals surface area contributed by atoms with Crippen LogP contribution in [-0.4, -0.2) is 58.4 Å². The Bertz CT molecular complexity index is 796. The number of carbonyl (C=O) groups excluding carboxylic acids is 2. The number of ether oxygens (including phenoxy) is 3. The molecule has 2 aromatic rings. The second kappa shape index (κ2) is 13.2. The summed E-state index contributed by atoms with van der Waals surface area (Å²) >= 11 is 0. The molecule has 2 aromatic carbocycles. The number of methoxy groups -OCH3 is 1. The predicted molar refractivity (Wildman–Crippen MR) is 116 cm³/mol. The van der Waals surface area contributed by atoms with Gasteiger partial charge >= 0.3 is 0 Å². The molecule has 0 spiro atoms. The van der Waals surface area contributed by atoms with E-state index in [1.165, 1.54) is 0 Å². The van der Waals surface area contributed by atoms with E-state index in [0.29, 0.717) is 55.7 Å². The Morgan fingerprint density at radius 1 is 0.967 bits per heavy atom. The van der Waals surface area contributed by atoms with Crippen molar-refractivity contribution in [1.29, 1.82) is 0 Å². The number of hydrogen-bond acceptors (Lipinski definition) is 6. The fourth-order valence-corrected chi connectivity index (χ4v) is 2.52. The Hall–Kier alpha value is -3.10. The van der Waals surface area contributed by atoms with Crippen molar-refractivity contribution in [3.63, 3.8) is 0 Å². The van der Waals surface area contributed by atoms with Crippen LogP contribution >= 0.6 is 0 Å². The van der Waals surface area contributed by atoms with Crippen LogP contribution in [0.2, 0.25) is 0 Å². The third-order valence-electron chi connectivity index (χ3n) is 4.01. The van der Waals surface area contributed by atoms with Crippen molar-refractivity contribution in [2.45, 2.75) is 6.92 Å². The molecular formula is C22H29N3O5. The summed E-state index contributed by atoms with van der Waals surface area (Å²) in [7, 11) is 1.58. The van der Waals surface area contributed by atoms with Gasteiger partial charge in [-0.25, -0.2) is 0 Å². The molecule has 8 nitrogen and oxygen atoms in total. The number of nitrogens with one attached hydrogen (secondary N) is 3. The van der Waals surface area contributed by atoms with E-state index in [4.69, 9.17) is 14.2 Å². The predicted octanol–water partition coefficient (Wildman–Crippen LogP) is 2.53. The number of hydrogen-bond donors (Lipinski definition) is 3. The lowest BCUT2D eigenvalue weighted by Crippen LogP contribution is -2.27. The van der Waals surface area contributed by atoms with Gasteiger partial charge in [-0.3, -0.25) is 9.59 Å². The normalized spacial score (nSPS) is 10.3. The SMILES string of the molecule is CCOCCOc1ccc(NC(=O)CNc2cccc(C(=O)NCCOC)c2)cc1. The zero-order valence-electron chi connectivity index (χ0n) is 17.4. The smallest absolute Gasteiger partial charge is 0.251 e. The Morgan fingerprint density at radius 3 is 2.50 bits per heavy atom. The molecule has 0 fully saturated rings. The molecule has 3 N–H and O–H groups in total. The van der Waals surface area contributed by atoms with Gasteiger partial charge < -0.3 is 30.2 Å². The maximum atomic E-state index is 12.2. The maximum Gasteiger partial charge on any atom is 0.251 e. The monoisotopic (exact) mass is 415 g/mol. The first-order chi connectivity index (χ1) is 14.6. The topological polar surface area (TPSA) is 97.9 Å². The number of benzene rings is 2. The summed E-state index contributed by atoms with van der Waals surface area (Å²) < 4.78 is 15.7. The first kappa shape index (κ1) is 23.2. The summed E-state index contributed by atoms with van der Waals surface area (Å²) in [6.45, 7) is 4.57. The third kappa shape index (κ3) is 8.50. The molecule has 0 bridgehead atoms. The summed E-state index contributed by atoms with van der Waals surface area (Å²) in [5.41, 5.74) is 1.87. The van der Waals surface area contributed by atoms with Crippen molar-refractivity contribution in [3.8, 4) is 5.75 Å². The average Bonchev–Trinajstić information content (AvgIpc) is 2.77. The zero-order chi connectivity index (χ0) is 21.6. The van der Waals surface area contributed by atoms with E-state index in [-0.39, 0.29) is 18.4 Å². The van der Waals surface area contributed by atoms with Crippen LogP contribution in [0.1, 0.15) is 17.3 Å². The molecule has 0 heterocycles. The average molecular weight is 415 g/mol. The van der Waals surface area contributed by atoms with Crippen LogP contribution in [0.15, 0.2) is 48.5 Å². The highest BCUT2D eigenvalue weighted by atomic mass is 16.5. The van der Waals surface area contributed by atoms with E-state index in [1.807, 2.05) is 6.92 Å². The Labute approximate surface area is 176 Å². The second-order valence-electron chi connectivity index (χ2n) is 6.30. The molecule has 162 valence electrons. The summed E-state index contributed by atoms with van der Waals surface area (Å²) in [5, 5.41) is 8.60. The lowest BCUT2D eigenvalue weighted by atomic mass is 10.2. The molecule has 0 aliphatic carbocycles. The molecule has 0 aliphatic heterocycles. The zero-order valence-corrected chi connectivity index (χ0v) is 17.4. The van der Waals surface area contributed by atoms with E-state index >= 15 is 0 Å². The highest BCUT2D eigenvalue weighted by Crippen LogP contribution is 2.16. The van der Waals surface area contributed by atoms with Crippen LogP contribution in [-0.2, 0) is 14.3 Å². The van der Waals surface area contributed by atoms with E-state index in [0.717, 1.165) is 0 Å². The van der Waals surface area contributed by atoms with E-state index < -0.39 is 0 Å². The van der Waals surface area contributed by atoms with Crippen molar-refractivity contribution < 1.29 is 23.8 Å². The molecule has 0 atom stereocenters. The van der Waals surface area contributed by atoms with Gasteiger partial charge in [-0.15, -0.1) is 0 Å². The van der Waals surface area contributed by atoms with Crippen molar-refractivity contribution in [2.24, 2.45) is 0 Å². The highest BCUT2D eigenvalue weighted by molar-refractivity contribution is 5.96. The second-order valence-corrected chi connectivity index (χ2v) is 6.30. The van der Waals surface area contributed by atoms with Crippen LogP contribution in [0, 0.1) is 0 Å². The fraction of sp³-hybridized carbons (Fsp3) is 0.364. The summed E-state index contributed by atoms with van der Waals surface area (Å²) in [6.07, 6.45) is 0. The van der Waals surface area contributed by atoms with Gasteiger partial charge in [0, 0.05) is 37.2 Å². The molecular weight excluding hydrogens is 386 g/mol. The van der Waals surface area contributed by atoms with Crippen LogP contribution in [0.3, 0.4) is 0 Å². The number of rotatable bonds is 13. The summed E-state index contributed by atoms with van der Waals surface area (Å²) in [5.74, 6) is 0.324. The molecule has 0 aromatic heterocycles. The number of carbonyl (C=O) groups is 2. The highest BCUT2D eigenvalue weighted by Gasteiger charge is 2.07. The van der Waals surface area contributed by atoms with Crippen molar-refractivity contribution in [3.05, 3.63) is 54.1 Å². The minimum atomic E-state index is -0.199. The minimum absolute atomic E-state index is 0.0708. The van der Waals surface area contributed by atoms with Gasteiger partial charge in [-0.2, -0.15) is 0 Å². The third-order valence-corrected chi connectivity index (χ3v) is 4.01. The van der Waals surface area contributed by atoms with Gasteiger partial charge in [-0.05, 0) is 49.4 Å². The van der Waals surface area contributed by atoms with Gasteiger partial charge in [-0.1, -0.05) is 6.07 Å². The minimum Gasteiger partial charge on any atom is -0.491 e. The van der Waals surface area contributed by atoms with Crippen LogP contribution < -0.4 is 20.7 Å². The molecule has 0 unspecified atom stereocenters. The quantitative estimate of drug-likeness (QED) is 0.435. The van der Waals surface area contributed by atoms with Gasteiger partial charge in [0.15, 0.2) is 0 Å². The first-order valence-electron chi connectivity index (χ1n) is 9.84. The van der Waals surface area contributed by atoms with E-state index in [9.17, 15) is 9.59 Å². The first-order valence-corrected chi connectivity index (χ1v) is 9.84. The van der Waals surface area contributed by atoms with Gasteiger partial charge in [0.1, 0.15) is 12.4 Å². The molecule has 8 heteroatoms. The van der Waals surface area contributed by atoms with Crippen LogP contribution in [0.4, 0.5) is 11.4 Å². The lowest BCUT2D eigenvalue weighted by molar-refractivity contribution is -0.114. The van der Waals surface area contributed by atoms with Crippen molar-refractivity contribution in [1.82, 2.24) is 5.32 Å². The summed E-state index contributed by atoms with van der Waals surface area (Å²) in [6, 6.07) is 14.1. The van der Waals surface area contributed by atoms with E-state index in [2.05, 4.69) is 16.0 Å². The van der Waals surface area contributed by atoms with Gasteiger partial charge in [0.2, 0.25) is 5.91 Å². The number of amides is 2. The maximum absolute atomic E-state index is 12.2. The molecule has 0 saturated carbocycles. The largest absolute Gasteiger partial charge is 0.491 e. The van der Waals surface area contributed by atoms with Gasteiger partial charge in [0.05, 0.1) is 19.8 Å². The lowest BCUT2D eigenvalue weighted by Gasteiger charge is -2.10. The molecule has 30 heavy (non-hydrogen) atoms. The summed E-state index contributed by atoms with van der Waals surface area (Å²) in [4.78, 5) is 24.3. The van der Waals surface area contributed by atoms with Gasteiger partial charge in [0.25, 0.3) is 5.91 Å². The molecule has 0 saturated heterocycles. The number of anilines is 2. The molecule has 0 aliphatic rings. The Kier molecular flexibility index (Phi) is 10.2. The van der Waals surface area contributed by atoms with Crippen molar-refractivity contribution >= 4 is 23.2 Å². The fourth-order valence-electron chi connectivity index (χ4n) is 2.52. The molecule has 0 radical (unpaired) electrons. The molecule has 2 amide bonds.